The zero-order valence-corrected chi connectivity index (χ0v) is 16.8. The summed E-state index contributed by atoms with van der Waals surface area (Å²) in [5.41, 5.74) is 3.68. The molecule has 132 valence electrons. The van der Waals surface area contributed by atoms with Gasteiger partial charge in [-0.05, 0) is 37.5 Å². The van der Waals surface area contributed by atoms with Gasteiger partial charge in [-0.15, -0.1) is 11.3 Å². The van der Waals surface area contributed by atoms with Crippen LogP contribution in [0.3, 0.4) is 0 Å². The SMILES string of the molecule is Cc1ccc(-c2csc(CC(CCC(C)C)CCC(C)C)n2)cc1. The number of thiazole rings is 1. The fraction of sp³-hybridized carbons (Fsp3) is 0.591. The van der Waals surface area contributed by atoms with Crippen molar-refractivity contribution in [3.05, 3.63) is 40.2 Å². The van der Waals surface area contributed by atoms with Gasteiger partial charge in [0.1, 0.15) is 0 Å². The Labute approximate surface area is 152 Å². The smallest absolute Gasteiger partial charge is 0.0935 e. The maximum Gasteiger partial charge on any atom is 0.0935 e. The Bertz CT molecular complexity index is 583. The molecule has 0 atom stereocenters. The second kappa shape index (κ2) is 9.36. The van der Waals surface area contributed by atoms with Gasteiger partial charge in [-0.25, -0.2) is 4.98 Å². The van der Waals surface area contributed by atoms with Gasteiger partial charge >= 0.3 is 0 Å². The number of hydrogen-bond donors (Lipinski definition) is 0. The fourth-order valence-electron chi connectivity index (χ4n) is 3.00. The summed E-state index contributed by atoms with van der Waals surface area (Å²) in [6.45, 7) is 11.5. The van der Waals surface area contributed by atoms with E-state index in [1.807, 2.05) is 11.3 Å². The van der Waals surface area contributed by atoms with Crippen LogP contribution in [-0.4, -0.2) is 4.98 Å². The average Bonchev–Trinajstić information content (AvgIpc) is 2.99. The Balaban J connectivity index is 2.01. The molecule has 1 heterocycles. The van der Waals surface area contributed by atoms with Crippen molar-refractivity contribution < 1.29 is 0 Å². The number of hydrogen-bond acceptors (Lipinski definition) is 2. The molecule has 2 aromatic rings. The quantitative estimate of drug-likeness (QED) is 0.471. The molecule has 24 heavy (non-hydrogen) atoms. The van der Waals surface area contributed by atoms with Crippen molar-refractivity contribution >= 4 is 11.3 Å². The van der Waals surface area contributed by atoms with Gasteiger partial charge in [0.15, 0.2) is 0 Å². The fourth-order valence-corrected chi connectivity index (χ4v) is 3.91. The normalized spacial score (nSPS) is 11.8. The largest absolute Gasteiger partial charge is 0.241 e. The molecule has 2 heteroatoms. The predicted molar refractivity (Wildman–Crippen MR) is 108 cm³/mol. The number of rotatable bonds is 9. The van der Waals surface area contributed by atoms with Crippen LogP contribution in [0.2, 0.25) is 0 Å². The van der Waals surface area contributed by atoms with E-state index in [4.69, 9.17) is 4.98 Å². The van der Waals surface area contributed by atoms with Gasteiger partial charge in [-0.2, -0.15) is 0 Å². The topological polar surface area (TPSA) is 12.9 Å². The van der Waals surface area contributed by atoms with Gasteiger partial charge < -0.3 is 0 Å². The Hall–Kier alpha value is -1.15. The van der Waals surface area contributed by atoms with Crippen LogP contribution in [0.15, 0.2) is 29.6 Å². The van der Waals surface area contributed by atoms with Crippen LogP contribution in [0.4, 0.5) is 0 Å². The van der Waals surface area contributed by atoms with Crippen molar-refractivity contribution in [2.45, 2.75) is 66.7 Å². The minimum Gasteiger partial charge on any atom is -0.241 e. The van der Waals surface area contributed by atoms with E-state index in [0.717, 1.165) is 29.9 Å². The van der Waals surface area contributed by atoms with E-state index >= 15 is 0 Å². The molecule has 0 N–H and O–H groups in total. The lowest BCUT2D eigenvalue weighted by Gasteiger charge is -2.18. The van der Waals surface area contributed by atoms with Crippen molar-refractivity contribution in [3.63, 3.8) is 0 Å². The number of benzene rings is 1. The van der Waals surface area contributed by atoms with E-state index < -0.39 is 0 Å². The first-order valence-electron chi connectivity index (χ1n) is 9.45. The second-order valence-corrected chi connectivity index (χ2v) is 8.95. The van der Waals surface area contributed by atoms with Crippen molar-refractivity contribution in [2.24, 2.45) is 17.8 Å². The molecule has 0 radical (unpaired) electrons. The first-order chi connectivity index (χ1) is 11.4. The van der Waals surface area contributed by atoms with Gasteiger partial charge in [0, 0.05) is 17.4 Å². The molecule has 0 amide bonds. The van der Waals surface area contributed by atoms with Crippen molar-refractivity contribution in [3.8, 4) is 11.3 Å². The van der Waals surface area contributed by atoms with Crippen LogP contribution in [0.5, 0.6) is 0 Å². The zero-order valence-electron chi connectivity index (χ0n) is 16.0. The van der Waals surface area contributed by atoms with E-state index in [-0.39, 0.29) is 0 Å². The lowest BCUT2D eigenvalue weighted by atomic mass is 9.89. The Kier molecular flexibility index (Phi) is 7.48. The third-order valence-corrected chi connectivity index (χ3v) is 5.54. The Morgan fingerprint density at radius 3 is 2.00 bits per heavy atom. The van der Waals surface area contributed by atoms with Gasteiger partial charge in [0.25, 0.3) is 0 Å². The minimum atomic E-state index is 0.784. The molecule has 0 bridgehead atoms. The van der Waals surface area contributed by atoms with Crippen LogP contribution in [0.1, 0.15) is 63.9 Å². The van der Waals surface area contributed by atoms with E-state index in [2.05, 4.69) is 64.3 Å². The van der Waals surface area contributed by atoms with E-state index in [1.54, 1.807) is 0 Å². The molecule has 1 aromatic carbocycles. The highest BCUT2D eigenvalue weighted by Gasteiger charge is 2.14. The highest BCUT2D eigenvalue weighted by Crippen LogP contribution is 2.28. The van der Waals surface area contributed by atoms with Crippen molar-refractivity contribution in [2.75, 3.05) is 0 Å². The van der Waals surface area contributed by atoms with Crippen molar-refractivity contribution in [1.82, 2.24) is 4.98 Å². The monoisotopic (exact) mass is 343 g/mol. The van der Waals surface area contributed by atoms with E-state index in [1.165, 1.54) is 41.8 Å². The van der Waals surface area contributed by atoms with Gasteiger partial charge in [-0.1, -0.05) is 70.4 Å². The molecule has 0 saturated carbocycles. The van der Waals surface area contributed by atoms with Crippen LogP contribution in [0, 0.1) is 24.7 Å². The minimum absolute atomic E-state index is 0.784. The lowest BCUT2D eigenvalue weighted by Crippen LogP contribution is -2.08. The van der Waals surface area contributed by atoms with Crippen LogP contribution < -0.4 is 0 Å². The molecule has 1 nitrogen and oxygen atoms in total. The average molecular weight is 344 g/mol. The molecular formula is C22H33NS. The summed E-state index contributed by atoms with van der Waals surface area (Å²) < 4.78 is 0. The number of nitrogens with zero attached hydrogens (tertiary/aromatic N) is 1. The maximum atomic E-state index is 4.92. The first-order valence-corrected chi connectivity index (χ1v) is 10.3. The lowest BCUT2D eigenvalue weighted by molar-refractivity contribution is 0.367. The van der Waals surface area contributed by atoms with Crippen LogP contribution >= 0.6 is 11.3 Å². The van der Waals surface area contributed by atoms with E-state index in [0.29, 0.717) is 0 Å². The maximum absolute atomic E-state index is 4.92. The summed E-state index contributed by atoms with van der Waals surface area (Å²) >= 11 is 1.83. The van der Waals surface area contributed by atoms with Gasteiger partial charge in [0.05, 0.1) is 10.7 Å². The number of aryl methyl sites for hydroxylation is 1. The van der Waals surface area contributed by atoms with Crippen LogP contribution in [0.25, 0.3) is 11.3 Å². The summed E-state index contributed by atoms with van der Waals surface area (Å²) in [6, 6.07) is 8.71. The summed E-state index contributed by atoms with van der Waals surface area (Å²) in [7, 11) is 0. The standard InChI is InChI=1S/C22H33NS/c1-16(2)6-10-19(11-7-17(3)4)14-22-23-21(15-24-22)20-12-8-18(5)9-13-20/h8-9,12-13,15-17,19H,6-7,10-11,14H2,1-5H3. The molecule has 0 fully saturated rings. The highest BCUT2D eigenvalue weighted by atomic mass is 32.1. The van der Waals surface area contributed by atoms with Crippen molar-refractivity contribution in [1.29, 1.82) is 0 Å². The summed E-state index contributed by atoms with van der Waals surface area (Å²) in [6.07, 6.45) is 6.49. The molecule has 2 rings (SSSR count). The molecule has 0 saturated heterocycles. The van der Waals surface area contributed by atoms with E-state index in [9.17, 15) is 0 Å². The first kappa shape index (κ1) is 19.2. The van der Waals surface area contributed by atoms with Crippen LogP contribution in [-0.2, 0) is 6.42 Å². The third-order valence-electron chi connectivity index (χ3n) is 4.67. The molecular weight excluding hydrogens is 310 g/mol. The molecule has 0 spiro atoms. The molecule has 0 aliphatic heterocycles. The number of aromatic nitrogens is 1. The summed E-state index contributed by atoms with van der Waals surface area (Å²) in [4.78, 5) is 4.92. The summed E-state index contributed by atoms with van der Waals surface area (Å²) in [5, 5.41) is 3.53. The Morgan fingerprint density at radius 2 is 1.46 bits per heavy atom. The Morgan fingerprint density at radius 1 is 0.875 bits per heavy atom. The molecule has 0 aliphatic rings. The second-order valence-electron chi connectivity index (χ2n) is 8.01. The summed E-state index contributed by atoms with van der Waals surface area (Å²) in [5.74, 6) is 2.38. The molecule has 1 aromatic heterocycles. The highest BCUT2D eigenvalue weighted by molar-refractivity contribution is 7.09. The predicted octanol–water partition coefficient (Wildman–Crippen LogP) is 7.15. The van der Waals surface area contributed by atoms with Gasteiger partial charge in [0.2, 0.25) is 0 Å². The molecule has 0 unspecified atom stereocenters. The van der Waals surface area contributed by atoms with Gasteiger partial charge in [-0.3, -0.25) is 0 Å². The molecule has 0 aliphatic carbocycles. The third kappa shape index (κ3) is 6.39. The zero-order chi connectivity index (χ0) is 17.5.